The van der Waals surface area contributed by atoms with Crippen LogP contribution in [-0.2, 0) is 0 Å². The topological polar surface area (TPSA) is 38.4 Å². The average molecular weight is 140 g/mol. The lowest BCUT2D eigenvalue weighted by molar-refractivity contribution is 0.776. The lowest BCUT2D eigenvalue weighted by atomic mass is 10.1. The Morgan fingerprint density at radius 3 is 2.60 bits per heavy atom. The lowest BCUT2D eigenvalue weighted by Crippen LogP contribution is -2.22. The molecule has 0 heterocycles. The van der Waals surface area contributed by atoms with Gasteiger partial charge in [0.15, 0.2) is 0 Å². The summed E-state index contributed by atoms with van der Waals surface area (Å²) >= 11 is 0. The largest absolute Gasteiger partial charge is 0.387 e. The molecule has 0 atom stereocenters. The van der Waals surface area contributed by atoms with Crippen molar-refractivity contribution in [1.82, 2.24) is 0 Å². The molecule has 2 heteroatoms. The van der Waals surface area contributed by atoms with Gasteiger partial charge in [-0.25, -0.2) is 0 Å². The smallest absolute Gasteiger partial charge is 0.0996 e. The fourth-order valence-electron chi connectivity index (χ4n) is 0.867. The van der Waals surface area contributed by atoms with E-state index >= 15 is 0 Å². The van der Waals surface area contributed by atoms with Crippen LogP contribution in [0.3, 0.4) is 0 Å². The minimum Gasteiger partial charge on any atom is -0.387 e. The first-order valence-corrected chi connectivity index (χ1v) is 3.99. The molecule has 0 radical (unpaired) electrons. The lowest BCUT2D eigenvalue weighted by Gasteiger charge is -2.05. The fourth-order valence-corrected chi connectivity index (χ4v) is 0.867. The van der Waals surface area contributed by atoms with Gasteiger partial charge in [0.25, 0.3) is 0 Å². The van der Waals surface area contributed by atoms with Crippen LogP contribution < -0.4 is 5.73 Å². The van der Waals surface area contributed by atoms with Gasteiger partial charge in [0.05, 0.1) is 5.84 Å². The standard InChI is InChI=1S/C8H16N2/c1-3-6-10-7(9)8(2)4-5-8/h3-6H2,1-2H3,(H2,9,10). The van der Waals surface area contributed by atoms with E-state index in [9.17, 15) is 0 Å². The van der Waals surface area contributed by atoms with Crippen molar-refractivity contribution in [2.75, 3.05) is 6.54 Å². The van der Waals surface area contributed by atoms with E-state index < -0.39 is 0 Å². The maximum Gasteiger partial charge on any atom is 0.0996 e. The highest BCUT2D eigenvalue weighted by molar-refractivity contribution is 5.88. The van der Waals surface area contributed by atoms with Crippen LogP contribution in [-0.4, -0.2) is 12.4 Å². The van der Waals surface area contributed by atoms with Gasteiger partial charge in [0.2, 0.25) is 0 Å². The van der Waals surface area contributed by atoms with Crippen LogP contribution in [0.15, 0.2) is 4.99 Å². The number of aliphatic imine (C=N–C) groups is 1. The quantitative estimate of drug-likeness (QED) is 0.469. The first kappa shape index (κ1) is 7.58. The Kier molecular flexibility index (Phi) is 1.97. The van der Waals surface area contributed by atoms with Crippen LogP contribution >= 0.6 is 0 Å². The molecule has 2 N–H and O–H groups in total. The molecule has 0 aromatic heterocycles. The molecular formula is C8H16N2. The van der Waals surface area contributed by atoms with Gasteiger partial charge < -0.3 is 5.73 Å². The van der Waals surface area contributed by atoms with Crippen LogP contribution in [0.5, 0.6) is 0 Å². The van der Waals surface area contributed by atoms with E-state index in [1.54, 1.807) is 0 Å². The first-order valence-electron chi connectivity index (χ1n) is 3.99. The molecule has 1 fully saturated rings. The van der Waals surface area contributed by atoms with Crippen LogP contribution in [0, 0.1) is 5.41 Å². The summed E-state index contributed by atoms with van der Waals surface area (Å²) in [6.45, 7) is 5.19. The molecule has 1 aliphatic carbocycles. The van der Waals surface area contributed by atoms with Crippen LogP contribution in [0.25, 0.3) is 0 Å². The Labute approximate surface area is 62.5 Å². The maximum atomic E-state index is 5.75. The highest BCUT2D eigenvalue weighted by atomic mass is 14.9. The third-order valence-electron chi connectivity index (χ3n) is 2.12. The number of nitrogens with two attached hydrogens (primary N) is 1. The van der Waals surface area contributed by atoms with E-state index in [4.69, 9.17) is 5.73 Å². The molecule has 0 spiro atoms. The summed E-state index contributed by atoms with van der Waals surface area (Å²) in [6, 6.07) is 0. The third-order valence-corrected chi connectivity index (χ3v) is 2.12. The number of amidine groups is 1. The second-order valence-electron chi connectivity index (χ2n) is 3.33. The minimum absolute atomic E-state index is 0.287. The van der Waals surface area contributed by atoms with Gasteiger partial charge in [-0.2, -0.15) is 0 Å². The Hall–Kier alpha value is -0.530. The van der Waals surface area contributed by atoms with Gasteiger partial charge in [-0.3, -0.25) is 4.99 Å². The number of nitrogens with zero attached hydrogens (tertiary/aromatic N) is 1. The normalized spacial score (nSPS) is 22.8. The Morgan fingerprint density at radius 2 is 2.20 bits per heavy atom. The number of rotatable bonds is 3. The van der Waals surface area contributed by atoms with Gasteiger partial charge in [-0.1, -0.05) is 13.8 Å². The summed E-state index contributed by atoms with van der Waals surface area (Å²) < 4.78 is 0. The minimum atomic E-state index is 0.287. The van der Waals surface area contributed by atoms with Crippen molar-refractivity contribution in [2.45, 2.75) is 33.1 Å². The zero-order valence-corrected chi connectivity index (χ0v) is 6.85. The molecule has 0 aromatic rings. The summed E-state index contributed by atoms with van der Waals surface area (Å²) in [5.74, 6) is 0.870. The molecular weight excluding hydrogens is 124 g/mol. The van der Waals surface area contributed by atoms with Crippen molar-refractivity contribution < 1.29 is 0 Å². The number of hydrogen-bond acceptors (Lipinski definition) is 1. The Morgan fingerprint density at radius 1 is 1.60 bits per heavy atom. The van der Waals surface area contributed by atoms with Gasteiger partial charge in [-0.15, -0.1) is 0 Å². The summed E-state index contributed by atoms with van der Waals surface area (Å²) in [5.41, 5.74) is 6.04. The van der Waals surface area contributed by atoms with Gasteiger partial charge in [0.1, 0.15) is 0 Å². The van der Waals surface area contributed by atoms with Crippen molar-refractivity contribution in [2.24, 2.45) is 16.1 Å². The fraction of sp³-hybridized carbons (Fsp3) is 0.875. The van der Waals surface area contributed by atoms with Crippen LogP contribution in [0.2, 0.25) is 0 Å². The first-order chi connectivity index (χ1) is 4.69. The zero-order valence-electron chi connectivity index (χ0n) is 6.85. The molecule has 0 aromatic carbocycles. The predicted octanol–water partition coefficient (Wildman–Crippen LogP) is 1.55. The van der Waals surface area contributed by atoms with E-state index in [0.717, 1.165) is 18.8 Å². The maximum absolute atomic E-state index is 5.75. The molecule has 0 aliphatic heterocycles. The molecule has 1 saturated carbocycles. The average Bonchev–Trinajstić information content (AvgIpc) is 2.64. The van der Waals surface area contributed by atoms with Crippen molar-refractivity contribution >= 4 is 5.84 Å². The molecule has 58 valence electrons. The molecule has 1 aliphatic rings. The van der Waals surface area contributed by atoms with E-state index in [1.165, 1.54) is 12.8 Å². The third kappa shape index (κ3) is 1.49. The zero-order chi connectivity index (χ0) is 7.61. The van der Waals surface area contributed by atoms with E-state index in [-0.39, 0.29) is 5.41 Å². The molecule has 1 rings (SSSR count). The van der Waals surface area contributed by atoms with Crippen LogP contribution in [0.4, 0.5) is 0 Å². The Balaban J connectivity index is 2.39. The van der Waals surface area contributed by atoms with Gasteiger partial charge in [0, 0.05) is 12.0 Å². The van der Waals surface area contributed by atoms with Crippen molar-refractivity contribution in [3.05, 3.63) is 0 Å². The van der Waals surface area contributed by atoms with E-state index in [2.05, 4.69) is 18.8 Å². The molecule has 0 unspecified atom stereocenters. The summed E-state index contributed by atoms with van der Waals surface area (Å²) in [5, 5.41) is 0. The molecule has 0 amide bonds. The number of hydrogen-bond donors (Lipinski definition) is 1. The van der Waals surface area contributed by atoms with Crippen molar-refractivity contribution in [3.8, 4) is 0 Å². The summed E-state index contributed by atoms with van der Waals surface area (Å²) in [4.78, 5) is 4.27. The second kappa shape index (κ2) is 2.60. The van der Waals surface area contributed by atoms with Crippen molar-refractivity contribution in [1.29, 1.82) is 0 Å². The van der Waals surface area contributed by atoms with E-state index in [0.29, 0.717) is 0 Å². The molecule has 0 saturated heterocycles. The molecule has 2 nitrogen and oxygen atoms in total. The Bertz CT molecular complexity index is 145. The van der Waals surface area contributed by atoms with Gasteiger partial charge >= 0.3 is 0 Å². The van der Waals surface area contributed by atoms with Crippen LogP contribution in [0.1, 0.15) is 33.1 Å². The summed E-state index contributed by atoms with van der Waals surface area (Å²) in [7, 11) is 0. The predicted molar refractivity (Wildman–Crippen MR) is 44.1 cm³/mol. The molecule has 0 bridgehead atoms. The second-order valence-corrected chi connectivity index (χ2v) is 3.33. The van der Waals surface area contributed by atoms with Gasteiger partial charge in [-0.05, 0) is 19.3 Å². The van der Waals surface area contributed by atoms with Crippen molar-refractivity contribution in [3.63, 3.8) is 0 Å². The highest BCUT2D eigenvalue weighted by Crippen LogP contribution is 2.44. The highest BCUT2D eigenvalue weighted by Gasteiger charge is 2.41. The summed E-state index contributed by atoms with van der Waals surface area (Å²) in [6.07, 6.45) is 3.55. The monoisotopic (exact) mass is 140 g/mol. The van der Waals surface area contributed by atoms with E-state index in [1.807, 2.05) is 0 Å². The SMILES string of the molecule is CCCN=C(N)C1(C)CC1. The molecule has 10 heavy (non-hydrogen) atoms.